The van der Waals surface area contributed by atoms with Crippen LogP contribution in [0.4, 0.5) is 0 Å². The van der Waals surface area contributed by atoms with Crippen molar-refractivity contribution >= 4 is 41.2 Å². The van der Waals surface area contributed by atoms with Crippen LogP contribution < -0.4 is 0 Å². The van der Waals surface area contributed by atoms with Crippen LogP contribution in [-0.2, 0) is 57.2 Å². The summed E-state index contributed by atoms with van der Waals surface area (Å²) in [6.45, 7) is 11.9. The van der Waals surface area contributed by atoms with Gasteiger partial charge in [0.05, 0.1) is 24.9 Å². The first kappa shape index (κ1) is 105. The van der Waals surface area contributed by atoms with Gasteiger partial charge < -0.3 is 85.0 Å². The van der Waals surface area contributed by atoms with E-state index in [0.717, 1.165) is 109 Å². The number of carbonyl (C=O) groups is 7. The number of aliphatic hydroxyl groups is 9. The molecule has 3 aliphatic carbocycles. The van der Waals surface area contributed by atoms with Gasteiger partial charge in [-0.3, -0.25) is 14.4 Å². The smallest absolute Gasteiger partial charge is 0.335 e. The van der Waals surface area contributed by atoms with Gasteiger partial charge in [0.1, 0.15) is 97.7 Å². The Balaban J connectivity index is 0.00000158. The first-order chi connectivity index (χ1) is 50.3. The van der Waals surface area contributed by atoms with Crippen LogP contribution in [0, 0.1) is 53.3 Å². The summed E-state index contributed by atoms with van der Waals surface area (Å²) in [4.78, 5) is 84.3. The number of hydrogen-bond donors (Lipinski definition) is 12. The van der Waals surface area contributed by atoms with E-state index in [4.69, 9.17) is 33.9 Å². The molecule has 0 aromatic carbocycles. The predicted octanol–water partition coefficient (Wildman–Crippen LogP) is 13.1. The van der Waals surface area contributed by atoms with Crippen molar-refractivity contribution in [2.75, 3.05) is 19.8 Å². The van der Waals surface area contributed by atoms with Gasteiger partial charge in [-0.05, 0) is 74.0 Å². The number of aliphatic hydroxyl groups excluding tert-OH is 9. The fraction of sp³-hybridized carbons (Fsp3) is 0.894. The van der Waals surface area contributed by atoms with Gasteiger partial charge in [0.25, 0.3) is 0 Å². The molecule has 3 saturated carbocycles. The minimum absolute atomic E-state index is 0. The fourth-order valence-corrected chi connectivity index (χ4v) is 17.2. The Bertz CT molecular complexity index is 2500. The topological polar surface area (TPSA) is 408 Å². The second-order valence-electron chi connectivity index (χ2n) is 31.5. The molecule has 24 unspecified atom stereocenters. The van der Waals surface area contributed by atoms with Crippen LogP contribution in [0.5, 0.6) is 0 Å². The number of rotatable bonds is 45. The van der Waals surface area contributed by atoms with E-state index in [1.54, 1.807) is 0 Å². The van der Waals surface area contributed by atoms with Crippen molar-refractivity contribution in [1.82, 2.24) is 0 Å². The number of aliphatic carboxylic acids is 3. The summed E-state index contributed by atoms with van der Waals surface area (Å²) in [7, 11) is 0. The molecule has 24 atom stereocenters. The molecule has 24 nitrogen and oxygen atoms in total. The van der Waals surface area contributed by atoms with E-state index in [1.807, 2.05) is 0 Å². The van der Waals surface area contributed by atoms with Crippen molar-refractivity contribution in [2.24, 2.45) is 53.3 Å². The van der Waals surface area contributed by atoms with Gasteiger partial charge in [-0.15, -0.1) is 0 Å². The van der Waals surface area contributed by atoms with Gasteiger partial charge in [0, 0.05) is 49.2 Å². The Morgan fingerprint density at radius 3 is 0.945 bits per heavy atom. The van der Waals surface area contributed by atoms with Crippen LogP contribution in [0.3, 0.4) is 0 Å². The minimum atomic E-state index is -1.72. The lowest BCUT2D eigenvalue weighted by molar-refractivity contribution is -0.245. The Morgan fingerprint density at radius 2 is 0.642 bits per heavy atom. The van der Waals surface area contributed by atoms with E-state index in [-0.39, 0.29) is 53.7 Å². The van der Waals surface area contributed by atoms with E-state index in [1.165, 1.54) is 109 Å². The number of carboxylic acids is 3. The number of ether oxygens (including phenoxy) is 5. The molecule has 6 aliphatic rings. The van der Waals surface area contributed by atoms with Crippen molar-refractivity contribution in [1.29, 1.82) is 0 Å². The zero-order valence-corrected chi connectivity index (χ0v) is 64.5. The highest BCUT2D eigenvalue weighted by Crippen LogP contribution is 2.46. The van der Waals surface area contributed by atoms with Crippen molar-refractivity contribution in [2.45, 2.75) is 413 Å². The number of esters is 1. The number of carbonyl (C=O) groups excluding carboxylic acids is 4. The Labute approximate surface area is 655 Å². The van der Waals surface area contributed by atoms with E-state index in [9.17, 15) is 84.6 Å². The predicted molar refractivity (Wildman–Crippen MR) is 421 cm³/mol. The highest BCUT2D eigenvalue weighted by atomic mass is 16.6. The van der Waals surface area contributed by atoms with Gasteiger partial charge in [0.2, 0.25) is 0 Å². The number of carboxylic acid groups (broad SMARTS) is 3. The zero-order valence-electron chi connectivity index (χ0n) is 64.5. The van der Waals surface area contributed by atoms with Crippen molar-refractivity contribution in [3.63, 3.8) is 0 Å². The Morgan fingerprint density at radius 1 is 0.358 bits per heavy atom. The Kier molecular flexibility index (Phi) is 56.0. The van der Waals surface area contributed by atoms with E-state index in [2.05, 4.69) is 41.5 Å². The first-order valence-corrected chi connectivity index (χ1v) is 41.1. The van der Waals surface area contributed by atoms with Crippen LogP contribution >= 0.6 is 0 Å². The van der Waals surface area contributed by atoms with Gasteiger partial charge >= 0.3 is 23.9 Å². The highest BCUT2D eigenvalue weighted by Gasteiger charge is 2.55. The molecule has 12 N–H and O–H groups in total. The summed E-state index contributed by atoms with van der Waals surface area (Å²) in [6.07, 6.45) is 21.6. The second-order valence-corrected chi connectivity index (χ2v) is 31.5. The SMILES string of the molecule is C.C.C.C.CCCCCCCC1CC(=O)C(C2OC(C(=O)O)C(O)C(O)C2O)CC1CCCCCC.CCCCCCCC1CC(=O)C(C2OC(COC(=O)/C=C\C(=O)O)C(O)C(O)C2O)CC1CCCCCC.CCCCCCCC1CC(=O)C(C2OC(COCC(=O)O)C(O)C(O)C2O)CC1CCCCCC. The molecule has 0 radical (unpaired) electrons. The van der Waals surface area contributed by atoms with Crippen molar-refractivity contribution < 1.29 is 119 Å². The van der Waals surface area contributed by atoms with Crippen LogP contribution in [-0.4, -0.2) is 214 Å². The molecule has 0 aromatic heterocycles. The summed E-state index contributed by atoms with van der Waals surface area (Å²) in [5, 5.41) is 121. The van der Waals surface area contributed by atoms with E-state index < -0.39 is 146 Å². The largest absolute Gasteiger partial charge is 0.480 e. The lowest BCUT2D eigenvalue weighted by atomic mass is 9.67. The standard InChI is InChI=1S/C29H48O9.C27H48O8.C25H44O7.4CH4/c1-3-5-7-9-11-13-20-17-22(30)21(16-19(20)12-10-8-6-4-2)29-28(36)27(35)26(34)23(38-29)18-37-25(33)15-14-24(31)32;1-3-5-7-9-11-13-19-15-21(28)20(14-18(19)12-10-8-6-4-2)27-26(33)25(32)24(31)22(35-27)16-34-17-23(29)30;1-3-5-7-9-11-13-17-15-19(26)18(14-16(17)12-10-8-6-4-2)23-21(28)20(27)22(29)24(32-23)25(30)31;;;;/h14-15,19-21,23,26-29,34-36H,3-13,16-18H2,1-2H3,(H,31,32);18-20,22,24-27,31-33H,3-17H2,1-2H3,(H,29,30);16-18,20-24,27-29H,3-15H2,1-2H3,(H,30,31);4*1H4/b15-14-;;;;;;. The summed E-state index contributed by atoms with van der Waals surface area (Å²) in [5.41, 5.74) is 0. The molecule has 0 spiro atoms. The second kappa shape index (κ2) is 58.0. The monoisotopic (exact) mass is 1560 g/mol. The zero-order chi connectivity index (χ0) is 77.5. The molecule has 24 heteroatoms. The summed E-state index contributed by atoms with van der Waals surface area (Å²) in [5.74, 6) is -4.65. The molecule has 640 valence electrons. The van der Waals surface area contributed by atoms with Gasteiger partial charge in [0.15, 0.2) is 6.10 Å². The third kappa shape index (κ3) is 35.4. The molecule has 109 heavy (non-hydrogen) atoms. The van der Waals surface area contributed by atoms with E-state index in [0.29, 0.717) is 80.1 Å². The van der Waals surface area contributed by atoms with Crippen molar-refractivity contribution in [3.8, 4) is 0 Å². The minimum Gasteiger partial charge on any atom is -0.480 e. The molecular formula is C85H156O24. The maximum Gasteiger partial charge on any atom is 0.335 e. The van der Waals surface area contributed by atoms with Crippen LogP contribution in [0.2, 0.25) is 0 Å². The van der Waals surface area contributed by atoms with Crippen molar-refractivity contribution in [3.05, 3.63) is 12.2 Å². The number of ketones is 3. The quantitative estimate of drug-likeness (QED) is 0.0153. The first-order valence-electron chi connectivity index (χ1n) is 41.1. The third-order valence-electron chi connectivity index (χ3n) is 23.5. The van der Waals surface area contributed by atoms with Gasteiger partial charge in [-0.2, -0.15) is 0 Å². The highest BCUT2D eigenvalue weighted by molar-refractivity contribution is 5.90. The summed E-state index contributed by atoms with van der Waals surface area (Å²) >= 11 is 0. The fourth-order valence-electron chi connectivity index (χ4n) is 17.2. The molecule has 0 aromatic rings. The van der Waals surface area contributed by atoms with Crippen LogP contribution in [0.1, 0.15) is 322 Å². The average Bonchev–Trinajstić information content (AvgIpc) is 0.790. The summed E-state index contributed by atoms with van der Waals surface area (Å²) < 4.78 is 27.4. The molecule has 3 aliphatic heterocycles. The van der Waals surface area contributed by atoms with E-state index >= 15 is 0 Å². The van der Waals surface area contributed by atoms with Crippen LogP contribution in [0.15, 0.2) is 12.2 Å². The van der Waals surface area contributed by atoms with Gasteiger partial charge in [-0.1, -0.05) is 264 Å². The lowest BCUT2D eigenvalue weighted by Gasteiger charge is -2.46. The summed E-state index contributed by atoms with van der Waals surface area (Å²) in [6, 6.07) is 0. The molecule has 0 amide bonds. The molecular weight excluding hydrogens is 1400 g/mol. The maximum absolute atomic E-state index is 13.3. The number of unbranched alkanes of at least 4 members (excludes halogenated alkanes) is 21. The average molecular weight is 1560 g/mol. The van der Waals surface area contributed by atoms with Gasteiger partial charge in [-0.25, -0.2) is 19.2 Å². The lowest BCUT2D eigenvalue weighted by Crippen LogP contribution is -2.62. The molecule has 0 bridgehead atoms. The molecule has 3 heterocycles. The number of hydrogen-bond acceptors (Lipinski definition) is 21. The third-order valence-corrected chi connectivity index (χ3v) is 23.5. The molecule has 3 saturated heterocycles. The maximum atomic E-state index is 13.3. The molecule has 6 fully saturated rings. The molecule has 6 rings (SSSR count). The van der Waals surface area contributed by atoms with Crippen LogP contribution in [0.25, 0.3) is 0 Å². The Hall–Kier alpha value is -3.89. The normalized spacial score (nSPS) is 32.4. The number of Topliss-reactive ketones (excluding diaryl/α,β-unsaturated/α-hetero) is 3.